The van der Waals surface area contributed by atoms with E-state index in [1.54, 1.807) is 0 Å². The fourth-order valence-electron chi connectivity index (χ4n) is 5.54. The van der Waals surface area contributed by atoms with E-state index in [0.717, 1.165) is 68.7 Å². The predicted octanol–water partition coefficient (Wildman–Crippen LogP) is 5.13. The van der Waals surface area contributed by atoms with Gasteiger partial charge >= 0.3 is 0 Å². The molecule has 2 aliphatic rings. The van der Waals surface area contributed by atoms with Crippen LogP contribution in [0.4, 0.5) is 0 Å². The smallest absolute Gasteiger partial charge is 0.252 e. The highest BCUT2D eigenvalue weighted by molar-refractivity contribution is 5.96. The van der Waals surface area contributed by atoms with Crippen LogP contribution < -0.4 is 15.4 Å². The van der Waals surface area contributed by atoms with Gasteiger partial charge in [-0.1, -0.05) is 50.6 Å². The van der Waals surface area contributed by atoms with E-state index in [1.807, 2.05) is 24.3 Å². The third-order valence-electron chi connectivity index (χ3n) is 7.95. The molecule has 2 aromatic rings. The fourth-order valence-corrected chi connectivity index (χ4v) is 5.54. The summed E-state index contributed by atoms with van der Waals surface area (Å²) in [7, 11) is 0. The first-order valence-corrected chi connectivity index (χ1v) is 15.3. The standard InChI is InChI=1S/C33H48N4O3/c1-26(2)16-20-37-24-30-29(14-11-15-31(30)40-21-10-3-7-17-34-32(38)25-37)33(39)35-22-27-12-5-6-13-28(27)23-36-18-8-4-9-19-36/h5-6,11-15,26H,3-4,7-10,16-25H2,1-2H3,(H,34,38)(H,35,39). The zero-order valence-electron chi connectivity index (χ0n) is 24.6. The van der Waals surface area contributed by atoms with Crippen molar-refractivity contribution in [3.05, 3.63) is 64.7 Å². The molecule has 0 atom stereocenters. The average Bonchev–Trinajstić information content (AvgIpc) is 2.97. The summed E-state index contributed by atoms with van der Waals surface area (Å²) in [5.41, 5.74) is 3.91. The van der Waals surface area contributed by atoms with E-state index >= 15 is 0 Å². The Balaban J connectivity index is 1.53. The molecule has 2 aromatic carbocycles. The van der Waals surface area contributed by atoms with Crippen molar-refractivity contribution >= 4 is 11.8 Å². The van der Waals surface area contributed by atoms with Crippen LogP contribution in [0.15, 0.2) is 42.5 Å². The van der Waals surface area contributed by atoms with E-state index in [-0.39, 0.29) is 11.8 Å². The van der Waals surface area contributed by atoms with Crippen LogP contribution in [0.3, 0.4) is 0 Å². The summed E-state index contributed by atoms with van der Waals surface area (Å²) in [5.74, 6) is 1.20. The summed E-state index contributed by atoms with van der Waals surface area (Å²) in [6.07, 6.45) is 7.66. The lowest BCUT2D eigenvalue weighted by Crippen LogP contribution is -2.38. The number of hydrogen-bond acceptors (Lipinski definition) is 5. The number of carbonyl (C=O) groups excluding carboxylic acids is 2. The van der Waals surface area contributed by atoms with Gasteiger partial charge in [0.2, 0.25) is 5.91 Å². The van der Waals surface area contributed by atoms with Crippen LogP contribution in [0.1, 0.15) is 85.8 Å². The van der Waals surface area contributed by atoms with Gasteiger partial charge in [0.1, 0.15) is 5.75 Å². The minimum absolute atomic E-state index is 0.0396. The molecule has 0 radical (unpaired) electrons. The maximum absolute atomic E-state index is 13.7. The van der Waals surface area contributed by atoms with E-state index in [1.165, 1.54) is 24.8 Å². The molecule has 7 nitrogen and oxygen atoms in total. The Bertz CT molecular complexity index is 1100. The summed E-state index contributed by atoms with van der Waals surface area (Å²) in [6, 6.07) is 14.2. The predicted molar refractivity (Wildman–Crippen MR) is 160 cm³/mol. The molecular weight excluding hydrogens is 500 g/mol. The van der Waals surface area contributed by atoms with Crippen LogP contribution in [0, 0.1) is 5.92 Å². The zero-order valence-corrected chi connectivity index (χ0v) is 24.6. The number of ether oxygens (including phenoxy) is 1. The third-order valence-corrected chi connectivity index (χ3v) is 7.95. The number of carbonyl (C=O) groups is 2. The Hall–Kier alpha value is -2.90. The molecule has 0 aromatic heterocycles. The summed E-state index contributed by atoms with van der Waals surface area (Å²) in [5, 5.41) is 6.27. The van der Waals surface area contributed by atoms with Crippen LogP contribution in [0.2, 0.25) is 0 Å². The molecule has 0 aliphatic carbocycles. The quantitative estimate of drug-likeness (QED) is 0.479. The number of benzene rings is 2. The molecule has 2 aliphatic heterocycles. The number of likely N-dealkylation sites (tertiary alicyclic amines) is 1. The summed E-state index contributed by atoms with van der Waals surface area (Å²) in [4.78, 5) is 31.1. The van der Waals surface area contributed by atoms with E-state index in [0.29, 0.717) is 44.3 Å². The molecule has 0 bridgehead atoms. The zero-order chi connectivity index (χ0) is 28.2. The van der Waals surface area contributed by atoms with Crippen molar-refractivity contribution < 1.29 is 14.3 Å². The maximum Gasteiger partial charge on any atom is 0.252 e. The summed E-state index contributed by atoms with van der Waals surface area (Å²) >= 11 is 0. The molecule has 40 heavy (non-hydrogen) atoms. The molecule has 0 spiro atoms. The highest BCUT2D eigenvalue weighted by Gasteiger charge is 2.21. The third kappa shape index (κ3) is 9.34. The van der Waals surface area contributed by atoms with Gasteiger partial charge in [-0.2, -0.15) is 0 Å². The Kier molecular flexibility index (Phi) is 11.9. The Morgan fingerprint density at radius 2 is 1.70 bits per heavy atom. The van der Waals surface area contributed by atoms with Crippen molar-refractivity contribution in [3.63, 3.8) is 0 Å². The van der Waals surface area contributed by atoms with Crippen molar-refractivity contribution in [2.75, 3.05) is 39.3 Å². The van der Waals surface area contributed by atoms with Crippen molar-refractivity contribution in [2.24, 2.45) is 5.92 Å². The first kappa shape index (κ1) is 30.1. The van der Waals surface area contributed by atoms with Crippen LogP contribution in [-0.4, -0.2) is 60.9 Å². The Morgan fingerprint density at radius 3 is 2.50 bits per heavy atom. The van der Waals surface area contributed by atoms with E-state index in [9.17, 15) is 9.59 Å². The fraction of sp³-hybridized carbons (Fsp3) is 0.576. The molecule has 4 rings (SSSR count). The first-order chi connectivity index (χ1) is 19.5. The molecule has 2 N–H and O–H groups in total. The average molecular weight is 549 g/mol. The molecule has 1 saturated heterocycles. The Labute approximate surface area is 240 Å². The molecule has 7 heteroatoms. The van der Waals surface area contributed by atoms with E-state index in [2.05, 4.69) is 52.5 Å². The number of hydrogen-bond donors (Lipinski definition) is 2. The van der Waals surface area contributed by atoms with E-state index < -0.39 is 0 Å². The molecule has 0 unspecified atom stereocenters. The van der Waals surface area contributed by atoms with Crippen molar-refractivity contribution in [3.8, 4) is 5.75 Å². The highest BCUT2D eigenvalue weighted by Crippen LogP contribution is 2.26. The second-order valence-electron chi connectivity index (χ2n) is 11.7. The van der Waals surface area contributed by atoms with Crippen molar-refractivity contribution in [1.29, 1.82) is 0 Å². The number of piperidine rings is 1. The highest BCUT2D eigenvalue weighted by atomic mass is 16.5. The molecule has 1 fully saturated rings. The van der Waals surface area contributed by atoms with Gasteiger partial charge in [-0.25, -0.2) is 0 Å². The number of nitrogens with one attached hydrogen (secondary N) is 2. The summed E-state index contributed by atoms with van der Waals surface area (Å²) < 4.78 is 6.24. The number of rotatable bonds is 8. The first-order valence-electron chi connectivity index (χ1n) is 15.3. The number of amides is 2. The molecule has 2 heterocycles. The normalized spacial score (nSPS) is 18.0. The summed E-state index contributed by atoms with van der Waals surface area (Å²) in [6.45, 7) is 10.9. The largest absolute Gasteiger partial charge is 0.493 e. The minimum atomic E-state index is -0.106. The lowest BCUT2D eigenvalue weighted by Gasteiger charge is -2.27. The molecule has 0 saturated carbocycles. The molecule has 218 valence electrons. The SMILES string of the molecule is CC(C)CCN1CC(=O)NCCCCCOc2cccc(C(=O)NCc3ccccc3CN3CCCCC3)c2C1. The van der Waals surface area contributed by atoms with Crippen LogP contribution in [-0.2, 0) is 24.4 Å². The van der Waals surface area contributed by atoms with E-state index in [4.69, 9.17) is 4.74 Å². The second kappa shape index (κ2) is 15.8. The van der Waals surface area contributed by atoms with Gasteiger partial charge in [-0.3, -0.25) is 19.4 Å². The van der Waals surface area contributed by atoms with Crippen molar-refractivity contribution in [1.82, 2.24) is 20.4 Å². The van der Waals surface area contributed by atoms with Crippen LogP contribution in [0.5, 0.6) is 5.75 Å². The van der Waals surface area contributed by atoms with Gasteiger partial charge in [0.15, 0.2) is 0 Å². The van der Waals surface area contributed by atoms with Gasteiger partial charge in [0.25, 0.3) is 5.91 Å². The van der Waals surface area contributed by atoms with Gasteiger partial charge < -0.3 is 15.4 Å². The monoisotopic (exact) mass is 548 g/mol. The molecular formula is C33H48N4O3. The van der Waals surface area contributed by atoms with Gasteiger partial charge in [-0.15, -0.1) is 0 Å². The van der Waals surface area contributed by atoms with Crippen LogP contribution >= 0.6 is 0 Å². The van der Waals surface area contributed by atoms with Crippen molar-refractivity contribution in [2.45, 2.75) is 78.4 Å². The maximum atomic E-state index is 13.7. The minimum Gasteiger partial charge on any atom is -0.493 e. The topological polar surface area (TPSA) is 73.9 Å². The molecule has 2 amide bonds. The van der Waals surface area contributed by atoms with Gasteiger partial charge in [0, 0.05) is 37.3 Å². The lowest BCUT2D eigenvalue weighted by molar-refractivity contribution is -0.122. The van der Waals surface area contributed by atoms with Crippen LogP contribution in [0.25, 0.3) is 0 Å². The van der Waals surface area contributed by atoms with Gasteiger partial charge in [0.05, 0.1) is 13.2 Å². The Morgan fingerprint density at radius 1 is 0.925 bits per heavy atom. The number of fused-ring (bicyclic) bond motifs is 1. The lowest BCUT2D eigenvalue weighted by atomic mass is 10.0. The number of nitrogens with zero attached hydrogens (tertiary/aromatic N) is 2. The second-order valence-corrected chi connectivity index (χ2v) is 11.7. The van der Waals surface area contributed by atoms with Gasteiger partial charge in [-0.05, 0) is 87.3 Å².